The second-order valence-electron chi connectivity index (χ2n) is 7.09. The number of nitrogens with zero attached hydrogens (tertiary/aromatic N) is 4. The maximum Gasteiger partial charge on any atom is 0.312 e. The van der Waals surface area contributed by atoms with Crippen LogP contribution in [0.1, 0.15) is 29.9 Å². The van der Waals surface area contributed by atoms with Crippen LogP contribution in [-0.2, 0) is 16.9 Å². The van der Waals surface area contributed by atoms with Gasteiger partial charge in [0.05, 0.1) is 22.4 Å². The van der Waals surface area contributed by atoms with Crippen LogP contribution >= 0.6 is 23.4 Å². The lowest BCUT2D eigenvalue weighted by Crippen LogP contribution is -2.41. The van der Waals surface area contributed by atoms with E-state index in [1.165, 1.54) is 23.9 Å². The molecule has 0 saturated heterocycles. The monoisotopic (exact) mass is 457 g/mol. The first-order valence-corrected chi connectivity index (χ1v) is 10.7. The molecule has 3 aromatic rings. The fourth-order valence-electron chi connectivity index (χ4n) is 3.31. The SMILES string of the molecule is N#Cc1ccc(CN(C(=O)CSc2ccccc2Cl)C2(c3nnc(N)o3)CC2)c(F)c1. The van der Waals surface area contributed by atoms with E-state index in [9.17, 15) is 9.18 Å². The van der Waals surface area contributed by atoms with Crippen molar-refractivity contribution in [2.24, 2.45) is 0 Å². The van der Waals surface area contributed by atoms with Gasteiger partial charge in [-0.25, -0.2) is 4.39 Å². The first-order chi connectivity index (χ1) is 14.9. The molecule has 10 heteroatoms. The van der Waals surface area contributed by atoms with Crippen molar-refractivity contribution in [1.82, 2.24) is 15.1 Å². The molecule has 2 N–H and O–H groups in total. The number of nitrogen functional groups attached to an aromatic ring is 1. The van der Waals surface area contributed by atoms with Crippen LogP contribution < -0.4 is 5.73 Å². The molecule has 1 aliphatic rings. The maximum absolute atomic E-state index is 14.6. The number of hydrogen-bond acceptors (Lipinski definition) is 7. The lowest BCUT2D eigenvalue weighted by Gasteiger charge is -2.30. The van der Waals surface area contributed by atoms with Crippen molar-refractivity contribution >= 4 is 35.3 Å². The number of benzene rings is 2. The highest BCUT2D eigenvalue weighted by molar-refractivity contribution is 8.00. The minimum Gasteiger partial charge on any atom is -0.406 e. The third kappa shape index (κ3) is 4.36. The molecule has 31 heavy (non-hydrogen) atoms. The van der Waals surface area contributed by atoms with Crippen molar-refractivity contribution in [3.8, 4) is 6.07 Å². The number of halogens is 2. The van der Waals surface area contributed by atoms with E-state index >= 15 is 0 Å². The molecule has 1 aromatic heterocycles. The quantitative estimate of drug-likeness (QED) is 0.531. The summed E-state index contributed by atoms with van der Waals surface area (Å²) in [5, 5.41) is 17.2. The van der Waals surface area contributed by atoms with E-state index in [2.05, 4.69) is 10.2 Å². The fraction of sp³-hybridized carbons (Fsp3) is 0.238. The van der Waals surface area contributed by atoms with Gasteiger partial charge >= 0.3 is 6.01 Å². The third-order valence-electron chi connectivity index (χ3n) is 5.08. The van der Waals surface area contributed by atoms with Crippen LogP contribution in [0.25, 0.3) is 0 Å². The normalized spacial score (nSPS) is 14.1. The Morgan fingerprint density at radius 3 is 2.71 bits per heavy atom. The van der Waals surface area contributed by atoms with Gasteiger partial charge in [0.1, 0.15) is 11.4 Å². The summed E-state index contributed by atoms with van der Waals surface area (Å²) in [7, 11) is 0. The van der Waals surface area contributed by atoms with E-state index in [1.54, 1.807) is 11.0 Å². The van der Waals surface area contributed by atoms with Crippen molar-refractivity contribution in [3.63, 3.8) is 0 Å². The minimum absolute atomic E-state index is 0.0122. The van der Waals surface area contributed by atoms with Crippen molar-refractivity contribution in [3.05, 3.63) is 70.3 Å². The van der Waals surface area contributed by atoms with Crippen molar-refractivity contribution in [1.29, 1.82) is 5.26 Å². The molecule has 0 unspecified atom stereocenters. The molecule has 1 amide bonds. The van der Waals surface area contributed by atoms with Crippen LogP contribution in [0.4, 0.5) is 10.4 Å². The topological polar surface area (TPSA) is 109 Å². The van der Waals surface area contributed by atoms with Crippen molar-refractivity contribution < 1.29 is 13.6 Å². The average molecular weight is 458 g/mol. The van der Waals surface area contributed by atoms with Crippen molar-refractivity contribution in [2.75, 3.05) is 11.5 Å². The number of carbonyl (C=O) groups is 1. The van der Waals surface area contributed by atoms with Gasteiger partial charge in [-0.1, -0.05) is 34.9 Å². The van der Waals surface area contributed by atoms with E-state index in [1.807, 2.05) is 24.3 Å². The smallest absolute Gasteiger partial charge is 0.312 e. The molecule has 0 aliphatic heterocycles. The van der Waals surface area contributed by atoms with Gasteiger partial charge in [0.25, 0.3) is 0 Å². The number of hydrogen-bond donors (Lipinski definition) is 1. The molecule has 1 heterocycles. The number of rotatable bonds is 7. The number of nitrogens with two attached hydrogens (primary N) is 1. The molecular formula is C21H17ClFN5O2S. The highest BCUT2D eigenvalue weighted by Gasteiger charge is 2.56. The molecule has 4 rings (SSSR count). The number of thioether (sulfide) groups is 1. The molecular weight excluding hydrogens is 441 g/mol. The van der Waals surface area contributed by atoms with E-state index in [0.717, 1.165) is 11.0 Å². The Bertz CT molecular complexity index is 1170. The van der Waals surface area contributed by atoms with Gasteiger partial charge in [0, 0.05) is 17.0 Å². The predicted molar refractivity (Wildman–Crippen MR) is 113 cm³/mol. The summed E-state index contributed by atoms with van der Waals surface area (Å²) >= 11 is 7.50. The summed E-state index contributed by atoms with van der Waals surface area (Å²) in [5.41, 5.74) is 5.25. The third-order valence-corrected chi connectivity index (χ3v) is 6.58. The Labute approximate surface area is 187 Å². The summed E-state index contributed by atoms with van der Waals surface area (Å²) in [6.45, 7) is -0.0122. The van der Waals surface area contributed by atoms with Crippen LogP contribution in [0.15, 0.2) is 51.8 Å². The maximum atomic E-state index is 14.6. The van der Waals surface area contributed by atoms with Crippen LogP contribution in [0, 0.1) is 17.1 Å². The van der Waals surface area contributed by atoms with E-state index < -0.39 is 11.4 Å². The zero-order valence-electron chi connectivity index (χ0n) is 16.2. The molecule has 1 saturated carbocycles. The molecule has 1 aliphatic carbocycles. The van der Waals surface area contributed by atoms with Gasteiger partial charge in [0.15, 0.2) is 0 Å². The van der Waals surface area contributed by atoms with Crippen molar-refractivity contribution in [2.45, 2.75) is 29.8 Å². The lowest BCUT2D eigenvalue weighted by atomic mass is 10.1. The van der Waals surface area contributed by atoms with Gasteiger partial charge in [-0.15, -0.1) is 16.9 Å². The second-order valence-corrected chi connectivity index (χ2v) is 8.52. The Hall–Kier alpha value is -3.09. The van der Waals surface area contributed by atoms with Gasteiger partial charge in [-0.05, 0) is 37.1 Å². The average Bonchev–Trinajstić information content (AvgIpc) is 3.45. The van der Waals surface area contributed by atoms with Gasteiger partial charge < -0.3 is 15.1 Å². The summed E-state index contributed by atoms with van der Waals surface area (Å²) < 4.78 is 20.0. The minimum atomic E-state index is -0.830. The molecule has 0 atom stereocenters. The van der Waals surface area contributed by atoms with Crippen LogP contribution in [0.3, 0.4) is 0 Å². The summed E-state index contributed by atoms with van der Waals surface area (Å²) in [4.78, 5) is 15.6. The number of carbonyl (C=O) groups excluding carboxylic acids is 1. The summed E-state index contributed by atoms with van der Waals surface area (Å²) in [6, 6.07) is 13.2. The number of amides is 1. The lowest BCUT2D eigenvalue weighted by molar-refractivity contribution is -0.133. The number of anilines is 1. The number of nitriles is 1. The zero-order chi connectivity index (χ0) is 22.0. The fourth-order valence-corrected chi connectivity index (χ4v) is 4.43. The summed E-state index contributed by atoms with van der Waals surface area (Å²) in [6.07, 6.45) is 1.18. The van der Waals surface area contributed by atoms with Crippen LogP contribution in [-0.4, -0.2) is 26.8 Å². The Morgan fingerprint density at radius 1 is 1.32 bits per heavy atom. The molecule has 2 aromatic carbocycles. The molecule has 0 radical (unpaired) electrons. The Morgan fingerprint density at radius 2 is 2.10 bits per heavy atom. The molecule has 0 spiro atoms. The van der Waals surface area contributed by atoms with E-state index in [-0.39, 0.29) is 41.2 Å². The first kappa shape index (κ1) is 21.2. The second kappa shape index (κ2) is 8.57. The van der Waals surface area contributed by atoms with E-state index in [0.29, 0.717) is 17.9 Å². The standard InChI is InChI=1S/C21H17ClFN5O2S/c22-15-3-1-2-4-17(15)31-12-18(29)28(11-14-6-5-13(10-24)9-16(14)23)21(7-8-21)19-26-27-20(25)30-19/h1-6,9H,7-8,11-12H2,(H2,25,27). The predicted octanol–water partition coefficient (Wildman–Crippen LogP) is 4.13. The molecule has 0 bridgehead atoms. The molecule has 7 nitrogen and oxygen atoms in total. The Balaban J connectivity index is 1.62. The first-order valence-electron chi connectivity index (χ1n) is 9.39. The zero-order valence-corrected chi connectivity index (χ0v) is 17.8. The number of aromatic nitrogens is 2. The summed E-state index contributed by atoms with van der Waals surface area (Å²) in [5.74, 6) is -0.470. The Kier molecular flexibility index (Phi) is 5.85. The van der Waals surface area contributed by atoms with Gasteiger partial charge in [0.2, 0.25) is 11.8 Å². The molecule has 1 fully saturated rings. The molecule has 158 valence electrons. The van der Waals surface area contributed by atoms with Crippen LogP contribution in [0.2, 0.25) is 5.02 Å². The van der Waals surface area contributed by atoms with Crippen LogP contribution in [0.5, 0.6) is 0 Å². The highest BCUT2D eigenvalue weighted by Crippen LogP contribution is 2.51. The highest BCUT2D eigenvalue weighted by atomic mass is 35.5. The van der Waals surface area contributed by atoms with E-state index in [4.69, 9.17) is 27.0 Å². The largest absolute Gasteiger partial charge is 0.406 e. The van der Waals surface area contributed by atoms with Gasteiger partial charge in [-0.2, -0.15) is 5.26 Å². The van der Waals surface area contributed by atoms with Gasteiger partial charge in [-0.3, -0.25) is 4.79 Å².